The summed E-state index contributed by atoms with van der Waals surface area (Å²) in [5.74, 6) is 0.305. The lowest BCUT2D eigenvalue weighted by Crippen LogP contribution is -2.31. The number of carbonyl (C=O) groups is 1. The Labute approximate surface area is 106 Å². The minimum Gasteiger partial charge on any atom is -0.382 e. The normalized spacial score (nSPS) is 10.3. The molecule has 0 aliphatic heterocycles. The molecule has 1 rings (SSSR count). The van der Waals surface area contributed by atoms with E-state index in [1.165, 1.54) is 11.3 Å². The van der Waals surface area contributed by atoms with E-state index < -0.39 is 0 Å². The van der Waals surface area contributed by atoms with Crippen molar-refractivity contribution < 1.29 is 4.79 Å². The van der Waals surface area contributed by atoms with Crippen LogP contribution in [0.2, 0.25) is 0 Å². The van der Waals surface area contributed by atoms with Crippen LogP contribution in [0.5, 0.6) is 0 Å². The Morgan fingerprint density at radius 1 is 1.47 bits per heavy atom. The second-order valence-electron chi connectivity index (χ2n) is 3.65. The maximum atomic E-state index is 12.2. The number of rotatable bonds is 6. The average Bonchev–Trinajstić information content (AvgIpc) is 2.67. The molecule has 0 aliphatic carbocycles. The van der Waals surface area contributed by atoms with Crippen molar-refractivity contribution in [3.05, 3.63) is 4.88 Å². The summed E-state index contributed by atoms with van der Waals surface area (Å²) in [5.41, 5.74) is 5.77. The lowest BCUT2D eigenvalue weighted by Gasteiger charge is -2.18. The Hall–Kier alpha value is -1.30. The number of anilines is 2. The molecule has 17 heavy (non-hydrogen) atoms. The van der Waals surface area contributed by atoms with E-state index in [4.69, 9.17) is 5.73 Å². The zero-order chi connectivity index (χ0) is 12.8. The molecule has 0 aliphatic rings. The summed E-state index contributed by atoms with van der Waals surface area (Å²) in [7, 11) is 0. The largest absolute Gasteiger partial charge is 0.382 e. The Kier molecular flexibility index (Phi) is 5.21. The van der Waals surface area contributed by atoms with Crippen LogP contribution in [0.3, 0.4) is 0 Å². The fraction of sp³-hybridized carbons (Fsp3) is 0.636. The van der Waals surface area contributed by atoms with E-state index in [0.717, 1.165) is 19.5 Å². The van der Waals surface area contributed by atoms with E-state index in [9.17, 15) is 4.79 Å². The van der Waals surface area contributed by atoms with Crippen molar-refractivity contribution in [3.63, 3.8) is 0 Å². The molecule has 0 saturated carbocycles. The number of nitrogens with two attached hydrogens (primary N) is 1. The van der Waals surface area contributed by atoms with Gasteiger partial charge in [-0.1, -0.05) is 18.3 Å². The molecule has 0 bridgehead atoms. The predicted molar refractivity (Wildman–Crippen MR) is 72.6 cm³/mol. The summed E-state index contributed by atoms with van der Waals surface area (Å²) in [5, 5.41) is 3.78. The summed E-state index contributed by atoms with van der Waals surface area (Å²) < 4.78 is 0. The number of hydrogen-bond acceptors (Lipinski definition) is 5. The van der Waals surface area contributed by atoms with Crippen molar-refractivity contribution >= 4 is 28.2 Å². The Bertz CT molecular complexity index is 378. The van der Waals surface area contributed by atoms with Gasteiger partial charge in [-0.15, -0.1) is 0 Å². The van der Waals surface area contributed by atoms with E-state index in [1.807, 2.05) is 13.8 Å². The fourth-order valence-electron chi connectivity index (χ4n) is 1.53. The number of nitrogen functional groups attached to an aromatic ring is 1. The molecule has 1 aromatic rings. The molecular formula is C11H20N4OS. The van der Waals surface area contributed by atoms with Crippen LogP contribution in [0.1, 0.15) is 36.9 Å². The van der Waals surface area contributed by atoms with E-state index in [2.05, 4.69) is 17.2 Å². The highest BCUT2D eigenvalue weighted by Crippen LogP contribution is 2.26. The van der Waals surface area contributed by atoms with Crippen molar-refractivity contribution in [2.45, 2.75) is 27.2 Å². The third-order valence-corrected chi connectivity index (χ3v) is 3.35. The molecule has 0 unspecified atom stereocenters. The molecule has 0 atom stereocenters. The second kappa shape index (κ2) is 6.44. The molecule has 5 nitrogen and oxygen atoms in total. The number of hydrogen-bond donors (Lipinski definition) is 2. The Morgan fingerprint density at radius 2 is 2.18 bits per heavy atom. The number of amides is 1. The standard InChI is InChI=1S/C11H20N4OS/c1-4-7-15(6-3)10(16)8-9(12)14-11(17-8)13-5-2/h4-7,12H2,1-3H3,(H,13,14). The van der Waals surface area contributed by atoms with Crippen molar-refractivity contribution in [2.75, 3.05) is 30.7 Å². The first-order valence-electron chi connectivity index (χ1n) is 5.93. The van der Waals surface area contributed by atoms with Crippen molar-refractivity contribution in [1.82, 2.24) is 9.88 Å². The summed E-state index contributed by atoms with van der Waals surface area (Å²) in [6.07, 6.45) is 0.943. The van der Waals surface area contributed by atoms with Gasteiger partial charge < -0.3 is 16.0 Å². The lowest BCUT2D eigenvalue weighted by atomic mass is 10.3. The van der Waals surface area contributed by atoms with Gasteiger partial charge in [0.25, 0.3) is 5.91 Å². The molecule has 6 heteroatoms. The van der Waals surface area contributed by atoms with Gasteiger partial charge >= 0.3 is 0 Å². The summed E-state index contributed by atoms with van der Waals surface area (Å²) >= 11 is 1.32. The molecule has 96 valence electrons. The zero-order valence-corrected chi connectivity index (χ0v) is 11.4. The van der Waals surface area contributed by atoms with E-state index in [0.29, 0.717) is 22.4 Å². The first-order valence-corrected chi connectivity index (χ1v) is 6.75. The van der Waals surface area contributed by atoms with Crippen LogP contribution in [0.25, 0.3) is 0 Å². The Morgan fingerprint density at radius 3 is 2.71 bits per heavy atom. The van der Waals surface area contributed by atoms with Gasteiger partial charge in [0.05, 0.1) is 0 Å². The first kappa shape index (κ1) is 13.8. The number of carbonyl (C=O) groups excluding carboxylic acids is 1. The highest BCUT2D eigenvalue weighted by Gasteiger charge is 2.20. The smallest absolute Gasteiger partial charge is 0.267 e. The minimum atomic E-state index is -0.0199. The van der Waals surface area contributed by atoms with Crippen LogP contribution >= 0.6 is 11.3 Å². The molecule has 1 aromatic heterocycles. The summed E-state index contributed by atoms with van der Waals surface area (Å²) in [6, 6.07) is 0. The fourth-order valence-corrected chi connectivity index (χ4v) is 2.45. The van der Waals surface area contributed by atoms with Crippen LogP contribution in [0.4, 0.5) is 10.9 Å². The van der Waals surface area contributed by atoms with Gasteiger partial charge in [-0.05, 0) is 20.3 Å². The molecule has 0 spiro atoms. The van der Waals surface area contributed by atoms with E-state index in [-0.39, 0.29) is 5.91 Å². The van der Waals surface area contributed by atoms with Crippen LogP contribution in [0, 0.1) is 0 Å². The van der Waals surface area contributed by atoms with Crippen LogP contribution in [0.15, 0.2) is 0 Å². The van der Waals surface area contributed by atoms with Gasteiger partial charge in [0.1, 0.15) is 10.7 Å². The average molecular weight is 256 g/mol. The topological polar surface area (TPSA) is 71.2 Å². The van der Waals surface area contributed by atoms with Crippen LogP contribution in [-0.2, 0) is 0 Å². The molecule has 1 heterocycles. The predicted octanol–water partition coefficient (Wildman–Crippen LogP) is 2.03. The molecule has 0 aromatic carbocycles. The summed E-state index contributed by atoms with van der Waals surface area (Å²) in [6.45, 7) is 8.22. The van der Waals surface area contributed by atoms with Crippen molar-refractivity contribution in [1.29, 1.82) is 0 Å². The minimum absolute atomic E-state index is 0.0199. The van der Waals surface area contributed by atoms with Gasteiger partial charge in [0.2, 0.25) is 0 Å². The van der Waals surface area contributed by atoms with Gasteiger partial charge in [-0.2, -0.15) is 0 Å². The molecule has 3 N–H and O–H groups in total. The number of nitrogens with one attached hydrogen (secondary N) is 1. The van der Waals surface area contributed by atoms with Crippen LogP contribution in [-0.4, -0.2) is 35.4 Å². The molecule has 0 fully saturated rings. The highest BCUT2D eigenvalue weighted by molar-refractivity contribution is 7.18. The van der Waals surface area contributed by atoms with Gasteiger partial charge in [-0.25, -0.2) is 4.98 Å². The number of nitrogens with zero attached hydrogens (tertiary/aromatic N) is 2. The summed E-state index contributed by atoms with van der Waals surface area (Å²) in [4.78, 5) is 18.7. The van der Waals surface area contributed by atoms with Crippen LogP contribution < -0.4 is 11.1 Å². The van der Waals surface area contributed by atoms with Crippen molar-refractivity contribution in [3.8, 4) is 0 Å². The van der Waals surface area contributed by atoms with E-state index in [1.54, 1.807) is 4.90 Å². The third-order valence-electron chi connectivity index (χ3n) is 2.34. The number of thiazole rings is 1. The molecule has 1 amide bonds. The molecule has 0 radical (unpaired) electrons. The highest BCUT2D eigenvalue weighted by atomic mass is 32.1. The van der Waals surface area contributed by atoms with Gasteiger partial charge in [0.15, 0.2) is 5.13 Å². The zero-order valence-electron chi connectivity index (χ0n) is 10.6. The maximum absolute atomic E-state index is 12.2. The van der Waals surface area contributed by atoms with Crippen molar-refractivity contribution in [2.24, 2.45) is 0 Å². The van der Waals surface area contributed by atoms with Gasteiger partial charge in [-0.3, -0.25) is 4.79 Å². The third kappa shape index (κ3) is 3.33. The Balaban J connectivity index is 2.86. The van der Waals surface area contributed by atoms with Gasteiger partial charge in [0, 0.05) is 19.6 Å². The quantitative estimate of drug-likeness (QED) is 0.817. The lowest BCUT2D eigenvalue weighted by molar-refractivity contribution is 0.0770. The first-order chi connectivity index (χ1) is 8.13. The SMILES string of the molecule is CCCN(CC)C(=O)c1sc(NCC)nc1N. The van der Waals surface area contributed by atoms with E-state index >= 15 is 0 Å². The molecular weight excluding hydrogens is 236 g/mol. The second-order valence-corrected chi connectivity index (χ2v) is 4.65. The number of aromatic nitrogens is 1. The monoisotopic (exact) mass is 256 g/mol. The maximum Gasteiger partial charge on any atom is 0.267 e. The molecule has 0 saturated heterocycles.